The lowest BCUT2D eigenvalue weighted by Crippen LogP contribution is -2.40. The normalized spacial score (nSPS) is 17.0. The highest BCUT2D eigenvalue weighted by molar-refractivity contribution is 6.30. The Bertz CT molecular complexity index is 855. The summed E-state index contributed by atoms with van der Waals surface area (Å²) in [5, 5.41) is 11.4. The van der Waals surface area contributed by atoms with Gasteiger partial charge in [0.25, 0.3) is 5.56 Å². The number of hydrogen-bond acceptors (Lipinski definition) is 4. The Labute approximate surface area is 171 Å². The lowest BCUT2D eigenvalue weighted by molar-refractivity contribution is 0.154. The monoisotopic (exact) mass is 404 g/mol. The van der Waals surface area contributed by atoms with Gasteiger partial charge in [0.05, 0.1) is 18.2 Å². The maximum absolute atomic E-state index is 13.4. The van der Waals surface area contributed by atoms with E-state index in [9.17, 15) is 9.90 Å². The summed E-state index contributed by atoms with van der Waals surface area (Å²) in [5.74, 6) is 0.724. The smallest absolute Gasteiger partial charge is 0.259 e. The molecule has 1 saturated heterocycles. The van der Waals surface area contributed by atoms with Crippen molar-refractivity contribution in [3.63, 3.8) is 0 Å². The van der Waals surface area contributed by atoms with E-state index in [-0.39, 0.29) is 17.4 Å². The maximum Gasteiger partial charge on any atom is 0.259 e. The highest BCUT2D eigenvalue weighted by atomic mass is 35.5. The number of nitrogens with zero attached hydrogens (tertiary/aromatic N) is 2. The molecular weight excluding hydrogens is 376 g/mol. The zero-order chi connectivity index (χ0) is 20.3. The minimum Gasteiger partial charge on any atom is -0.507 e. The van der Waals surface area contributed by atoms with Gasteiger partial charge in [-0.15, -0.1) is 0 Å². The summed E-state index contributed by atoms with van der Waals surface area (Å²) in [6.07, 6.45) is 2.16. The highest BCUT2D eigenvalue weighted by Crippen LogP contribution is 2.35. The predicted octanol–water partition coefficient (Wildman–Crippen LogP) is 3.98. The molecule has 0 aliphatic carbocycles. The van der Waals surface area contributed by atoms with Crippen LogP contribution in [0.1, 0.15) is 42.6 Å². The van der Waals surface area contributed by atoms with Crippen LogP contribution in [0.4, 0.5) is 0 Å². The fraction of sp³-hybridized carbons (Fsp3) is 0.500. The van der Waals surface area contributed by atoms with Crippen molar-refractivity contribution < 1.29 is 9.84 Å². The van der Waals surface area contributed by atoms with Gasteiger partial charge in [-0.2, -0.15) is 0 Å². The average Bonchev–Trinajstić information content (AvgIpc) is 2.67. The van der Waals surface area contributed by atoms with E-state index in [4.69, 9.17) is 16.3 Å². The molecule has 1 atom stereocenters. The van der Waals surface area contributed by atoms with E-state index in [1.54, 1.807) is 17.7 Å². The number of benzene rings is 1. The van der Waals surface area contributed by atoms with Gasteiger partial charge in [0.15, 0.2) is 0 Å². The van der Waals surface area contributed by atoms with Crippen LogP contribution in [-0.2, 0) is 11.3 Å². The Balaban J connectivity index is 2.12. The number of aryl methyl sites for hydroxylation is 1. The van der Waals surface area contributed by atoms with E-state index in [1.165, 1.54) is 0 Å². The summed E-state index contributed by atoms with van der Waals surface area (Å²) in [6.45, 7) is 6.77. The van der Waals surface area contributed by atoms with Gasteiger partial charge in [-0.05, 0) is 62.5 Å². The van der Waals surface area contributed by atoms with Crippen molar-refractivity contribution in [2.24, 2.45) is 5.92 Å². The number of likely N-dealkylation sites (tertiary alicyclic amines) is 1. The van der Waals surface area contributed by atoms with Gasteiger partial charge < -0.3 is 14.4 Å². The van der Waals surface area contributed by atoms with E-state index < -0.39 is 0 Å². The van der Waals surface area contributed by atoms with Crippen LogP contribution in [0.3, 0.4) is 0 Å². The lowest BCUT2D eigenvalue weighted by atomic mass is 9.92. The van der Waals surface area contributed by atoms with Gasteiger partial charge in [-0.25, -0.2) is 0 Å². The molecule has 5 nitrogen and oxygen atoms in total. The number of ether oxygens (including phenoxy) is 1. The Morgan fingerprint density at radius 1 is 1.25 bits per heavy atom. The second-order valence-corrected chi connectivity index (χ2v) is 8.14. The third-order valence-electron chi connectivity index (χ3n) is 5.68. The molecule has 1 aromatic carbocycles. The molecule has 1 aliphatic rings. The Morgan fingerprint density at radius 3 is 2.50 bits per heavy atom. The zero-order valence-electron chi connectivity index (χ0n) is 16.8. The van der Waals surface area contributed by atoms with Crippen molar-refractivity contribution in [3.05, 3.63) is 62.5 Å². The number of rotatable bonds is 6. The fourth-order valence-electron chi connectivity index (χ4n) is 3.98. The first-order chi connectivity index (χ1) is 13.4. The SMILES string of the molecule is COCCn1c(C)cc(O)c(C(c2ccc(Cl)cc2)N2CCC(C)CC2)c1=O. The van der Waals surface area contributed by atoms with Gasteiger partial charge in [-0.3, -0.25) is 9.69 Å². The van der Waals surface area contributed by atoms with E-state index in [1.807, 2.05) is 31.2 Å². The van der Waals surface area contributed by atoms with Crippen LogP contribution in [-0.4, -0.2) is 41.4 Å². The van der Waals surface area contributed by atoms with Gasteiger partial charge in [0.1, 0.15) is 5.75 Å². The molecular formula is C22H29ClN2O3. The standard InChI is InChI=1S/C22H29ClN2O3/c1-15-8-10-24(11-9-15)21(17-4-6-18(23)7-5-17)20-19(26)14-16(2)25(22(20)27)12-13-28-3/h4-7,14-15,21,26H,8-13H2,1-3H3. The summed E-state index contributed by atoms with van der Waals surface area (Å²) >= 11 is 6.09. The van der Waals surface area contributed by atoms with E-state index in [0.29, 0.717) is 29.7 Å². The van der Waals surface area contributed by atoms with Crippen LogP contribution in [0.2, 0.25) is 5.02 Å². The number of aromatic hydroxyl groups is 1. The van der Waals surface area contributed by atoms with Crippen molar-refractivity contribution in [1.82, 2.24) is 9.47 Å². The third kappa shape index (κ3) is 4.43. The Morgan fingerprint density at radius 2 is 1.89 bits per heavy atom. The van der Waals surface area contributed by atoms with Crippen molar-refractivity contribution in [3.8, 4) is 5.75 Å². The molecule has 3 rings (SSSR count). The number of aromatic nitrogens is 1. The zero-order valence-corrected chi connectivity index (χ0v) is 17.6. The summed E-state index contributed by atoms with van der Waals surface area (Å²) in [7, 11) is 1.62. The average molecular weight is 405 g/mol. The molecule has 2 aromatic rings. The molecule has 1 aromatic heterocycles. The molecule has 0 radical (unpaired) electrons. The molecule has 0 spiro atoms. The number of pyridine rings is 1. The Hall–Kier alpha value is -1.82. The molecule has 0 amide bonds. The summed E-state index contributed by atoms with van der Waals surface area (Å²) in [4.78, 5) is 15.7. The quantitative estimate of drug-likeness (QED) is 0.791. The molecule has 1 N–H and O–H groups in total. The van der Waals surface area contributed by atoms with Crippen LogP contribution in [0.15, 0.2) is 35.1 Å². The number of piperidine rings is 1. The van der Waals surface area contributed by atoms with Crippen molar-refractivity contribution in [1.29, 1.82) is 0 Å². The third-order valence-corrected chi connectivity index (χ3v) is 5.94. The largest absolute Gasteiger partial charge is 0.507 e. The van der Waals surface area contributed by atoms with Crippen molar-refractivity contribution in [2.45, 2.75) is 39.3 Å². The summed E-state index contributed by atoms with van der Waals surface area (Å²) in [5.41, 5.74) is 1.96. The van der Waals surface area contributed by atoms with E-state index >= 15 is 0 Å². The first-order valence-corrected chi connectivity index (χ1v) is 10.2. The van der Waals surface area contributed by atoms with Gasteiger partial charge >= 0.3 is 0 Å². The summed E-state index contributed by atoms with van der Waals surface area (Å²) < 4.78 is 6.85. The molecule has 28 heavy (non-hydrogen) atoms. The second-order valence-electron chi connectivity index (χ2n) is 7.71. The number of methoxy groups -OCH3 is 1. The van der Waals surface area contributed by atoms with Crippen LogP contribution in [0.25, 0.3) is 0 Å². The topological polar surface area (TPSA) is 54.7 Å². The molecule has 2 heterocycles. The molecule has 1 unspecified atom stereocenters. The van der Waals surface area contributed by atoms with Crippen molar-refractivity contribution >= 4 is 11.6 Å². The number of halogens is 1. The van der Waals surface area contributed by atoms with Crippen LogP contribution >= 0.6 is 11.6 Å². The lowest BCUT2D eigenvalue weighted by Gasteiger charge is -2.37. The Kier molecular flexibility index (Phi) is 6.81. The number of hydrogen-bond donors (Lipinski definition) is 1. The molecule has 0 saturated carbocycles. The molecule has 1 aliphatic heterocycles. The van der Waals surface area contributed by atoms with Crippen LogP contribution < -0.4 is 5.56 Å². The molecule has 6 heteroatoms. The highest BCUT2D eigenvalue weighted by Gasteiger charge is 2.31. The van der Waals surface area contributed by atoms with E-state index in [2.05, 4.69) is 11.8 Å². The molecule has 1 fully saturated rings. The second kappa shape index (κ2) is 9.12. The predicted molar refractivity (Wildman–Crippen MR) is 112 cm³/mol. The molecule has 0 bridgehead atoms. The molecule has 152 valence electrons. The van der Waals surface area contributed by atoms with Gasteiger partial charge in [0, 0.05) is 24.4 Å². The van der Waals surface area contributed by atoms with Crippen LogP contribution in [0.5, 0.6) is 5.75 Å². The first kappa shape index (κ1) is 20.9. The van der Waals surface area contributed by atoms with Gasteiger partial charge in [-0.1, -0.05) is 30.7 Å². The maximum atomic E-state index is 13.4. The summed E-state index contributed by atoms with van der Waals surface area (Å²) in [6, 6.07) is 8.96. The minimum absolute atomic E-state index is 0.0507. The first-order valence-electron chi connectivity index (χ1n) is 9.84. The van der Waals surface area contributed by atoms with Gasteiger partial charge in [0.2, 0.25) is 0 Å². The fourth-order valence-corrected chi connectivity index (χ4v) is 4.10. The minimum atomic E-state index is -0.299. The van der Waals surface area contributed by atoms with E-state index in [0.717, 1.165) is 37.2 Å². The van der Waals surface area contributed by atoms with Crippen molar-refractivity contribution in [2.75, 3.05) is 26.8 Å². The van der Waals surface area contributed by atoms with Crippen LogP contribution in [0, 0.1) is 12.8 Å².